The molecule has 0 amide bonds. The van der Waals surface area contributed by atoms with Crippen molar-refractivity contribution in [2.75, 3.05) is 0 Å². The molecule has 0 atom stereocenters. The molecule has 0 heterocycles. The second kappa shape index (κ2) is 8.25. The molecule has 28 heavy (non-hydrogen) atoms. The number of hydrogen-bond donors (Lipinski definition) is 0. The molecule has 0 aliphatic carbocycles. The standard InChI is InChI=1S/C20H26O4S2Se2/c1-19(2,3)25(21,22)15-11-7-9-13-17(15)27-28-18-14-10-8-12-16(18)26(23,24)20(4,5)6/h7-14H,1-6H3. The molecule has 154 valence electrons. The van der Waals surface area contributed by atoms with E-state index in [1.807, 2.05) is 24.3 Å². The fraction of sp³-hybridized carbons (Fsp3) is 0.400. The first-order chi connectivity index (χ1) is 12.7. The van der Waals surface area contributed by atoms with E-state index >= 15 is 0 Å². The molecule has 2 rings (SSSR count). The zero-order valence-corrected chi connectivity index (χ0v) is 21.9. The van der Waals surface area contributed by atoms with Crippen molar-refractivity contribution < 1.29 is 16.8 Å². The van der Waals surface area contributed by atoms with E-state index in [9.17, 15) is 16.8 Å². The molecule has 0 bridgehead atoms. The maximum absolute atomic E-state index is 13.0. The quantitative estimate of drug-likeness (QED) is 0.534. The minimum absolute atomic E-state index is 0.161. The normalized spacial score (nSPS) is 13.5. The van der Waals surface area contributed by atoms with Crippen LogP contribution in [0.15, 0.2) is 58.3 Å². The van der Waals surface area contributed by atoms with Crippen LogP contribution in [0.4, 0.5) is 0 Å². The summed E-state index contributed by atoms with van der Waals surface area (Å²) < 4.78 is 51.7. The van der Waals surface area contributed by atoms with E-state index in [1.165, 1.54) is 0 Å². The number of rotatable bonds is 5. The van der Waals surface area contributed by atoms with Crippen LogP contribution in [-0.2, 0) is 19.7 Å². The summed E-state index contributed by atoms with van der Waals surface area (Å²) >= 11 is -0.323. The van der Waals surface area contributed by atoms with E-state index in [4.69, 9.17) is 0 Å². The SMILES string of the molecule is CC(C)(C)S(=O)(=O)c1ccccc1[Se][Se]c1ccccc1S(=O)(=O)C(C)(C)C. The predicted octanol–water partition coefficient (Wildman–Crippen LogP) is 2.11. The van der Waals surface area contributed by atoms with Gasteiger partial charge in [0.05, 0.1) is 0 Å². The molecule has 0 saturated heterocycles. The molecule has 0 aromatic heterocycles. The molecule has 0 aliphatic heterocycles. The van der Waals surface area contributed by atoms with Crippen LogP contribution in [0.2, 0.25) is 0 Å². The van der Waals surface area contributed by atoms with Crippen LogP contribution >= 0.6 is 0 Å². The van der Waals surface area contributed by atoms with Crippen molar-refractivity contribution in [2.24, 2.45) is 0 Å². The molecule has 0 unspecified atom stereocenters. The van der Waals surface area contributed by atoms with Gasteiger partial charge in [0.25, 0.3) is 0 Å². The molecule has 0 N–H and O–H groups in total. The predicted molar refractivity (Wildman–Crippen MR) is 118 cm³/mol. The zero-order chi connectivity index (χ0) is 21.4. The van der Waals surface area contributed by atoms with E-state index in [-0.39, 0.29) is 26.3 Å². The van der Waals surface area contributed by atoms with Gasteiger partial charge in [0.2, 0.25) is 0 Å². The summed E-state index contributed by atoms with van der Waals surface area (Å²) in [6.45, 7) is 10.2. The zero-order valence-electron chi connectivity index (χ0n) is 16.9. The third-order valence-corrected chi connectivity index (χ3v) is 17.0. The van der Waals surface area contributed by atoms with Crippen LogP contribution in [0.1, 0.15) is 41.5 Å². The first kappa shape index (κ1) is 23.7. The average molecular weight is 552 g/mol. The molecule has 4 nitrogen and oxygen atoms in total. The van der Waals surface area contributed by atoms with E-state index < -0.39 is 29.2 Å². The summed E-state index contributed by atoms with van der Waals surface area (Å²) in [7, 11) is -6.93. The minimum atomic E-state index is -3.47. The van der Waals surface area contributed by atoms with Crippen molar-refractivity contribution in [3.8, 4) is 0 Å². The second-order valence-corrected chi connectivity index (χ2v) is 19.8. The van der Waals surface area contributed by atoms with Crippen LogP contribution in [0.25, 0.3) is 0 Å². The Balaban J connectivity index is 2.44. The Morgan fingerprint density at radius 1 is 0.571 bits per heavy atom. The van der Waals surface area contributed by atoms with Crippen molar-refractivity contribution in [1.29, 1.82) is 0 Å². The Morgan fingerprint density at radius 3 is 1.14 bits per heavy atom. The van der Waals surface area contributed by atoms with Crippen molar-refractivity contribution >= 4 is 54.9 Å². The van der Waals surface area contributed by atoms with Crippen molar-refractivity contribution in [1.82, 2.24) is 0 Å². The maximum atomic E-state index is 13.0. The number of benzene rings is 2. The van der Waals surface area contributed by atoms with Crippen molar-refractivity contribution in [3.05, 3.63) is 48.5 Å². The Bertz CT molecular complexity index is 974. The second-order valence-electron chi connectivity index (χ2n) is 8.29. The van der Waals surface area contributed by atoms with E-state index in [0.29, 0.717) is 9.79 Å². The number of hydrogen-bond acceptors (Lipinski definition) is 4. The Morgan fingerprint density at radius 2 is 0.857 bits per heavy atom. The van der Waals surface area contributed by atoms with Gasteiger partial charge in [-0.05, 0) is 0 Å². The third kappa shape index (κ3) is 4.75. The van der Waals surface area contributed by atoms with Gasteiger partial charge in [-0.1, -0.05) is 0 Å². The molecular weight excluding hydrogens is 526 g/mol. The Kier molecular flexibility index (Phi) is 6.97. The summed E-state index contributed by atoms with van der Waals surface area (Å²) in [6, 6.07) is 14.2. The molecular formula is C20H26O4S2Se2. The summed E-state index contributed by atoms with van der Waals surface area (Å²) in [5.74, 6) is 0. The molecule has 0 radical (unpaired) electrons. The van der Waals surface area contributed by atoms with Gasteiger partial charge in [0.1, 0.15) is 0 Å². The van der Waals surface area contributed by atoms with Gasteiger partial charge < -0.3 is 0 Å². The monoisotopic (exact) mass is 554 g/mol. The Hall–Kier alpha value is -0.621. The first-order valence-corrected chi connectivity index (χ1v) is 17.7. The Labute approximate surface area is 180 Å². The van der Waals surface area contributed by atoms with Crippen LogP contribution in [0, 0.1) is 0 Å². The molecule has 0 spiro atoms. The molecule has 2 aromatic carbocycles. The first-order valence-electron chi connectivity index (χ1n) is 8.71. The van der Waals surface area contributed by atoms with Gasteiger partial charge in [0.15, 0.2) is 0 Å². The van der Waals surface area contributed by atoms with Gasteiger partial charge in [-0.2, -0.15) is 0 Å². The average Bonchev–Trinajstić information content (AvgIpc) is 2.58. The van der Waals surface area contributed by atoms with Gasteiger partial charge in [-0.25, -0.2) is 0 Å². The van der Waals surface area contributed by atoms with Crippen LogP contribution in [-0.4, -0.2) is 52.6 Å². The summed E-state index contributed by atoms with van der Waals surface area (Å²) in [5, 5.41) is 0. The molecule has 0 aliphatic rings. The van der Waals surface area contributed by atoms with Gasteiger partial charge >= 0.3 is 181 Å². The topological polar surface area (TPSA) is 68.3 Å². The molecule has 0 fully saturated rings. The van der Waals surface area contributed by atoms with Crippen LogP contribution in [0.5, 0.6) is 0 Å². The summed E-state index contributed by atoms with van der Waals surface area (Å²) in [5.41, 5.74) is 0. The third-order valence-electron chi connectivity index (χ3n) is 4.11. The van der Waals surface area contributed by atoms with E-state index in [1.54, 1.807) is 65.8 Å². The summed E-state index contributed by atoms with van der Waals surface area (Å²) in [4.78, 5) is 0.723. The molecule has 0 saturated carbocycles. The van der Waals surface area contributed by atoms with Crippen molar-refractivity contribution in [3.63, 3.8) is 0 Å². The fourth-order valence-corrected chi connectivity index (χ4v) is 14.5. The van der Waals surface area contributed by atoms with Gasteiger partial charge in [-0.3, -0.25) is 0 Å². The van der Waals surface area contributed by atoms with Crippen LogP contribution in [0.3, 0.4) is 0 Å². The summed E-state index contributed by atoms with van der Waals surface area (Å²) in [6.07, 6.45) is 0. The molecule has 2 aromatic rings. The fourth-order valence-electron chi connectivity index (χ4n) is 2.23. The van der Waals surface area contributed by atoms with Crippen LogP contribution < -0.4 is 8.92 Å². The van der Waals surface area contributed by atoms with E-state index in [0.717, 1.165) is 8.92 Å². The molecule has 8 heteroatoms. The van der Waals surface area contributed by atoms with Gasteiger partial charge in [-0.15, -0.1) is 0 Å². The van der Waals surface area contributed by atoms with Gasteiger partial charge in [0, 0.05) is 0 Å². The van der Waals surface area contributed by atoms with Crippen molar-refractivity contribution in [2.45, 2.75) is 60.8 Å². The van der Waals surface area contributed by atoms with E-state index in [2.05, 4.69) is 0 Å². The number of sulfone groups is 2.